The Morgan fingerprint density at radius 1 is 1.50 bits per heavy atom. The molecule has 0 saturated heterocycles. The molecule has 1 amide bonds. The van der Waals surface area contributed by atoms with Crippen molar-refractivity contribution in [3.63, 3.8) is 0 Å². The lowest BCUT2D eigenvalue weighted by molar-refractivity contribution is -0.125. The first-order valence-electron chi connectivity index (χ1n) is 7.16. The van der Waals surface area contributed by atoms with Gasteiger partial charge in [-0.3, -0.25) is 4.79 Å². The normalized spacial score (nSPS) is 16.5. The molecule has 1 fully saturated rings. The van der Waals surface area contributed by atoms with E-state index in [1.54, 1.807) is 17.0 Å². The second kappa shape index (κ2) is 6.25. The zero-order valence-corrected chi connectivity index (χ0v) is 12.7. The summed E-state index contributed by atoms with van der Waals surface area (Å²) in [7, 11) is 0. The Labute approximate surface area is 134 Å². The molecule has 0 N–H and O–H groups in total. The highest BCUT2D eigenvalue weighted by Gasteiger charge is 2.31. The molecule has 3 rings (SSSR count). The molecule has 0 atom stereocenters. The van der Waals surface area contributed by atoms with Gasteiger partial charge in [-0.1, -0.05) is 17.7 Å². The largest absolute Gasteiger partial charge is 0.488 e. The van der Waals surface area contributed by atoms with Crippen molar-refractivity contribution in [1.82, 2.24) is 4.90 Å². The lowest BCUT2D eigenvalue weighted by Crippen LogP contribution is -2.32. The third kappa shape index (κ3) is 3.32. The highest BCUT2D eigenvalue weighted by molar-refractivity contribution is 6.30. The maximum Gasteiger partial charge on any atom is 0.247 e. The Morgan fingerprint density at radius 2 is 2.32 bits per heavy atom. The highest BCUT2D eigenvalue weighted by Crippen LogP contribution is 2.30. The van der Waals surface area contributed by atoms with Gasteiger partial charge in [0, 0.05) is 22.7 Å². The Kier molecular flexibility index (Phi) is 4.17. The number of carbonyl (C=O) groups excluding carboxylic acids is 1. The Hall–Kier alpha value is -2.25. The molecule has 1 aliphatic carbocycles. The minimum absolute atomic E-state index is 0.123. The summed E-state index contributed by atoms with van der Waals surface area (Å²) < 4.78 is 5.64. The van der Waals surface area contributed by atoms with E-state index in [0.29, 0.717) is 11.6 Å². The van der Waals surface area contributed by atoms with Crippen LogP contribution < -0.4 is 4.74 Å². The van der Waals surface area contributed by atoms with Gasteiger partial charge in [0.1, 0.15) is 18.9 Å². The fraction of sp³-hybridized carbons (Fsp3) is 0.294. The number of fused-ring (bicyclic) bond motifs is 1. The standard InChI is InChI=1S/C17H15ClN2O2/c18-14-2-5-16-13(10-14)9-12(11-22-16)1-6-17(21)20(8-7-19)15-3-4-15/h1-2,5-6,9-10,15H,3-4,8,11H2/b6-1-. The first-order chi connectivity index (χ1) is 10.7. The molecule has 1 aromatic rings. The van der Waals surface area contributed by atoms with Crippen LogP contribution in [0.15, 0.2) is 35.9 Å². The minimum atomic E-state index is -0.123. The van der Waals surface area contributed by atoms with E-state index in [0.717, 1.165) is 29.7 Å². The molecule has 5 heteroatoms. The number of ether oxygens (including phenoxy) is 1. The SMILES string of the molecule is N#CCN(C(=O)/C=C\C1=Cc2cc(Cl)ccc2OC1)C1CC1. The fourth-order valence-corrected chi connectivity index (χ4v) is 2.57. The summed E-state index contributed by atoms with van der Waals surface area (Å²) in [6.45, 7) is 0.557. The minimum Gasteiger partial charge on any atom is -0.488 e. The van der Waals surface area contributed by atoms with Crippen molar-refractivity contribution in [1.29, 1.82) is 5.26 Å². The average Bonchev–Trinajstić information content (AvgIpc) is 3.34. The fourth-order valence-electron chi connectivity index (χ4n) is 2.39. The predicted octanol–water partition coefficient (Wildman–Crippen LogP) is 3.19. The quantitative estimate of drug-likeness (QED) is 0.633. The van der Waals surface area contributed by atoms with E-state index in [2.05, 4.69) is 0 Å². The topological polar surface area (TPSA) is 53.3 Å². The average molecular weight is 315 g/mol. The zero-order chi connectivity index (χ0) is 15.5. The third-order valence-corrected chi connectivity index (χ3v) is 3.89. The Balaban J connectivity index is 1.73. The monoisotopic (exact) mass is 314 g/mol. The van der Waals surface area contributed by atoms with Crippen LogP contribution in [0.4, 0.5) is 0 Å². The summed E-state index contributed by atoms with van der Waals surface area (Å²) in [5.41, 5.74) is 1.80. The number of amides is 1. The summed E-state index contributed by atoms with van der Waals surface area (Å²) in [6.07, 6.45) is 7.19. The Bertz CT molecular complexity index is 699. The van der Waals surface area contributed by atoms with Crippen LogP contribution in [0.2, 0.25) is 5.02 Å². The van der Waals surface area contributed by atoms with Gasteiger partial charge in [-0.15, -0.1) is 0 Å². The van der Waals surface area contributed by atoms with Crippen molar-refractivity contribution in [2.75, 3.05) is 13.2 Å². The van der Waals surface area contributed by atoms with E-state index in [1.165, 1.54) is 6.08 Å². The summed E-state index contributed by atoms with van der Waals surface area (Å²) in [5.74, 6) is 0.666. The summed E-state index contributed by atoms with van der Waals surface area (Å²) in [5, 5.41) is 9.45. The van der Waals surface area contributed by atoms with Crippen LogP contribution in [0, 0.1) is 11.3 Å². The molecule has 0 spiro atoms. The van der Waals surface area contributed by atoms with E-state index in [4.69, 9.17) is 21.6 Å². The second-order valence-corrected chi connectivity index (χ2v) is 5.82. The number of halogens is 1. The van der Waals surface area contributed by atoms with Crippen molar-refractivity contribution in [2.45, 2.75) is 18.9 Å². The van der Waals surface area contributed by atoms with Gasteiger partial charge in [0.2, 0.25) is 5.91 Å². The van der Waals surface area contributed by atoms with Crippen molar-refractivity contribution < 1.29 is 9.53 Å². The van der Waals surface area contributed by atoms with Crippen LogP contribution in [0.1, 0.15) is 18.4 Å². The number of hydrogen-bond acceptors (Lipinski definition) is 3. The van der Waals surface area contributed by atoms with Gasteiger partial charge in [-0.25, -0.2) is 0 Å². The third-order valence-electron chi connectivity index (χ3n) is 3.66. The molecule has 0 unspecified atom stereocenters. The van der Waals surface area contributed by atoms with Crippen LogP contribution in [0.25, 0.3) is 6.08 Å². The van der Waals surface area contributed by atoms with Gasteiger partial charge in [-0.05, 0) is 42.7 Å². The van der Waals surface area contributed by atoms with Gasteiger partial charge in [0.15, 0.2) is 0 Å². The maximum absolute atomic E-state index is 12.2. The van der Waals surface area contributed by atoms with Crippen LogP contribution >= 0.6 is 11.6 Å². The molecule has 0 radical (unpaired) electrons. The molecule has 1 heterocycles. The number of nitrogens with zero attached hydrogens (tertiary/aromatic N) is 2. The van der Waals surface area contributed by atoms with E-state index >= 15 is 0 Å². The van der Waals surface area contributed by atoms with Gasteiger partial charge < -0.3 is 9.64 Å². The molecular weight excluding hydrogens is 300 g/mol. The van der Waals surface area contributed by atoms with Crippen LogP contribution in [-0.2, 0) is 4.79 Å². The number of nitriles is 1. The summed E-state index contributed by atoms with van der Waals surface area (Å²) in [6, 6.07) is 7.73. The highest BCUT2D eigenvalue weighted by atomic mass is 35.5. The molecule has 4 nitrogen and oxygen atoms in total. The van der Waals surface area contributed by atoms with Crippen molar-refractivity contribution in [3.8, 4) is 11.8 Å². The van der Waals surface area contributed by atoms with Crippen LogP contribution in [-0.4, -0.2) is 30.0 Å². The molecule has 112 valence electrons. The summed E-state index contributed by atoms with van der Waals surface area (Å²) in [4.78, 5) is 13.8. The molecule has 22 heavy (non-hydrogen) atoms. The molecule has 0 bridgehead atoms. The van der Waals surface area contributed by atoms with E-state index in [-0.39, 0.29) is 18.5 Å². The predicted molar refractivity (Wildman–Crippen MR) is 84.4 cm³/mol. The van der Waals surface area contributed by atoms with Crippen molar-refractivity contribution >= 4 is 23.6 Å². The number of rotatable bonds is 4. The molecule has 1 saturated carbocycles. The smallest absolute Gasteiger partial charge is 0.247 e. The lowest BCUT2D eigenvalue weighted by atomic mass is 10.1. The van der Waals surface area contributed by atoms with Crippen molar-refractivity contribution in [3.05, 3.63) is 46.5 Å². The van der Waals surface area contributed by atoms with Crippen LogP contribution in [0.5, 0.6) is 5.75 Å². The van der Waals surface area contributed by atoms with Gasteiger partial charge >= 0.3 is 0 Å². The first kappa shape index (κ1) is 14.7. The van der Waals surface area contributed by atoms with Gasteiger partial charge in [0.25, 0.3) is 0 Å². The van der Waals surface area contributed by atoms with Gasteiger partial charge in [-0.2, -0.15) is 5.26 Å². The number of benzene rings is 1. The van der Waals surface area contributed by atoms with Crippen molar-refractivity contribution in [2.24, 2.45) is 0 Å². The first-order valence-corrected chi connectivity index (χ1v) is 7.54. The molecule has 1 aromatic carbocycles. The number of hydrogen-bond donors (Lipinski definition) is 0. The number of carbonyl (C=O) groups is 1. The van der Waals surface area contributed by atoms with E-state index < -0.39 is 0 Å². The second-order valence-electron chi connectivity index (χ2n) is 5.38. The molecular formula is C17H15ClN2O2. The lowest BCUT2D eigenvalue weighted by Gasteiger charge is -2.18. The molecule has 0 aromatic heterocycles. The van der Waals surface area contributed by atoms with E-state index in [1.807, 2.05) is 24.3 Å². The molecule has 2 aliphatic rings. The van der Waals surface area contributed by atoms with Crippen LogP contribution in [0.3, 0.4) is 0 Å². The Morgan fingerprint density at radius 3 is 3.05 bits per heavy atom. The van der Waals surface area contributed by atoms with Gasteiger partial charge in [0.05, 0.1) is 6.07 Å². The maximum atomic E-state index is 12.2. The van der Waals surface area contributed by atoms with E-state index in [9.17, 15) is 4.79 Å². The molecule has 1 aliphatic heterocycles. The zero-order valence-electron chi connectivity index (χ0n) is 12.0. The summed E-state index contributed by atoms with van der Waals surface area (Å²) >= 11 is 5.98.